The zero-order valence-corrected chi connectivity index (χ0v) is 14.1. The van der Waals surface area contributed by atoms with Crippen LogP contribution < -0.4 is 21.5 Å². The Hall–Kier alpha value is -2.51. The molecule has 25 heavy (non-hydrogen) atoms. The number of hydrogen-bond donors (Lipinski definition) is 4. The summed E-state index contributed by atoms with van der Waals surface area (Å²) in [6, 6.07) is 9.94. The molecule has 0 saturated carbocycles. The summed E-state index contributed by atoms with van der Waals surface area (Å²) in [5.74, 6) is 0.156. The first kappa shape index (κ1) is 17.3. The van der Waals surface area contributed by atoms with Gasteiger partial charge in [0.05, 0.1) is 12.0 Å². The molecule has 7 heteroatoms. The summed E-state index contributed by atoms with van der Waals surface area (Å²) in [6.45, 7) is 3.55. The summed E-state index contributed by atoms with van der Waals surface area (Å²) in [5, 5.41) is 6.13. The Morgan fingerprint density at radius 2 is 2.20 bits per heavy atom. The molecule has 0 radical (unpaired) electrons. The molecule has 1 saturated heterocycles. The fraction of sp³-hybridized carbons (Fsp3) is 0.333. The molecule has 0 aliphatic carbocycles. The SMILES string of the molecule is Cc1cccnc1NCCNC(=O)C1CNNC1c1cccc(F)c1. The highest BCUT2D eigenvalue weighted by atomic mass is 19.1. The van der Waals surface area contributed by atoms with Crippen molar-refractivity contribution in [1.29, 1.82) is 0 Å². The van der Waals surface area contributed by atoms with E-state index in [1.165, 1.54) is 12.1 Å². The molecule has 1 aromatic heterocycles. The maximum atomic E-state index is 13.4. The van der Waals surface area contributed by atoms with Crippen molar-refractivity contribution in [2.75, 3.05) is 25.0 Å². The van der Waals surface area contributed by atoms with Gasteiger partial charge in [0.15, 0.2) is 0 Å². The lowest BCUT2D eigenvalue weighted by Crippen LogP contribution is -2.37. The van der Waals surface area contributed by atoms with E-state index in [-0.39, 0.29) is 23.7 Å². The van der Waals surface area contributed by atoms with Crippen LogP contribution in [0.2, 0.25) is 0 Å². The maximum absolute atomic E-state index is 13.4. The molecule has 6 nitrogen and oxygen atoms in total. The number of aromatic nitrogens is 1. The molecule has 1 fully saturated rings. The minimum absolute atomic E-state index is 0.0636. The van der Waals surface area contributed by atoms with Gasteiger partial charge in [-0.3, -0.25) is 10.2 Å². The van der Waals surface area contributed by atoms with E-state index in [4.69, 9.17) is 0 Å². The molecule has 1 aromatic carbocycles. The molecule has 2 atom stereocenters. The summed E-state index contributed by atoms with van der Waals surface area (Å²) >= 11 is 0. The molecule has 0 bridgehead atoms. The van der Waals surface area contributed by atoms with Crippen LogP contribution in [0.3, 0.4) is 0 Å². The number of benzene rings is 1. The van der Waals surface area contributed by atoms with Crippen LogP contribution in [0.25, 0.3) is 0 Å². The number of nitrogens with zero attached hydrogens (tertiary/aromatic N) is 1. The molecular formula is C18H22FN5O. The topological polar surface area (TPSA) is 78.1 Å². The Labute approximate surface area is 146 Å². The van der Waals surface area contributed by atoms with Crippen molar-refractivity contribution < 1.29 is 9.18 Å². The molecule has 2 aromatic rings. The first-order valence-corrected chi connectivity index (χ1v) is 8.32. The highest BCUT2D eigenvalue weighted by Crippen LogP contribution is 2.25. The number of carbonyl (C=O) groups is 1. The van der Waals surface area contributed by atoms with Gasteiger partial charge in [-0.1, -0.05) is 18.2 Å². The van der Waals surface area contributed by atoms with E-state index in [2.05, 4.69) is 26.5 Å². The Morgan fingerprint density at radius 3 is 3.00 bits per heavy atom. The average molecular weight is 343 g/mol. The van der Waals surface area contributed by atoms with Gasteiger partial charge in [-0.2, -0.15) is 0 Å². The molecular weight excluding hydrogens is 321 g/mol. The van der Waals surface area contributed by atoms with Gasteiger partial charge in [-0.25, -0.2) is 14.8 Å². The number of hydrogen-bond acceptors (Lipinski definition) is 5. The van der Waals surface area contributed by atoms with Gasteiger partial charge >= 0.3 is 0 Å². The van der Waals surface area contributed by atoms with Gasteiger partial charge in [0.2, 0.25) is 5.91 Å². The maximum Gasteiger partial charge on any atom is 0.226 e. The first-order chi connectivity index (χ1) is 12.1. The van der Waals surface area contributed by atoms with Gasteiger partial charge in [-0.15, -0.1) is 0 Å². The van der Waals surface area contributed by atoms with Crippen molar-refractivity contribution in [1.82, 2.24) is 21.2 Å². The van der Waals surface area contributed by atoms with E-state index in [9.17, 15) is 9.18 Å². The van der Waals surface area contributed by atoms with E-state index in [0.717, 1.165) is 16.9 Å². The number of carbonyl (C=O) groups excluding carboxylic acids is 1. The fourth-order valence-corrected chi connectivity index (χ4v) is 2.93. The zero-order chi connectivity index (χ0) is 17.6. The summed E-state index contributed by atoms with van der Waals surface area (Å²) < 4.78 is 13.4. The minimum atomic E-state index is -0.305. The molecule has 2 unspecified atom stereocenters. The standard InChI is InChI=1S/C18H22FN5O/c1-12-4-3-7-20-17(12)21-8-9-22-18(25)15-11-23-24-16(15)13-5-2-6-14(19)10-13/h2-7,10,15-16,23-24H,8-9,11H2,1H3,(H,20,21)(H,22,25). The Balaban J connectivity index is 1.51. The predicted molar refractivity (Wildman–Crippen MR) is 94.2 cm³/mol. The zero-order valence-electron chi connectivity index (χ0n) is 14.1. The van der Waals surface area contributed by atoms with Crippen LogP contribution in [-0.4, -0.2) is 30.5 Å². The van der Waals surface area contributed by atoms with Crippen molar-refractivity contribution in [2.45, 2.75) is 13.0 Å². The van der Waals surface area contributed by atoms with Crippen LogP contribution in [0.1, 0.15) is 17.2 Å². The van der Waals surface area contributed by atoms with Crippen LogP contribution >= 0.6 is 0 Å². The van der Waals surface area contributed by atoms with Gasteiger partial charge in [0, 0.05) is 25.8 Å². The second-order valence-corrected chi connectivity index (χ2v) is 6.05. The average Bonchev–Trinajstić information content (AvgIpc) is 3.10. The Kier molecular flexibility index (Phi) is 5.57. The van der Waals surface area contributed by atoms with Crippen molar-refractivity contribution >= 4 is 11.7 Å². The molecule has 3 rings (SSSR count). The number of aryl methyl sites for hydroxylation is 1. The number of pyridine rings is 1. The number of anilines is 1. The molecule has 1 aliphatic rings. The highest BCUT2D eigenvalue weighted by molar-refractivity contribution is 5.80. The van der Waals surface area contributed by atoms with Gasteiger partial charge in [-0.05, 0) is 36.2 Å². The molecule has 1 amide bonds. The molecule has 2 heterocycles. The Morgan fingerprint density at radius 1 is 1.32 bits per heavy atom. The Bertz CT molecular complexity index is 739. The van der Waals surface area contributed by atoms with Crippen LogP contribution in [0.5, 0.6) is 0 Å². The molecule has 4 N–H and O–H groups in total. The minimum Gasteiger partial charge on any atom is -0.368 e. The van der Waals surface area contributed by atoms with Crippen molar-refractivity contribution in [3.05, 3.63) is 59.5 Å². The van der Waals surface area contributed by atoms with E-state index >= 15 is 0 Å². The first-order valence-electron chi connectivity index (χ1n) is 8.32. The summed E-state index contributed by atoms with van der Waals surface area (Å²) in [5.41, 5.74) is 7.85. The number of hydrazine groups is 1. The second-order valence-electron chi connectivity index (χ2n) is 6.05. The van der Waals surface area contributed by atoms with E-state index in [0.29, 0.717) is 19.6 Å². The van der Waals surface area contributed by atoms with Crippen LogP contribution in [-0.2, 0) is 4.79 Å². The normalized spacial score (nSPS) is 19.6. The number of amides is 1. The third kappa shape index (κ3) is 4.32. The third-order valence-corrected chi connectivity index (χ3v) is 4.25. The van der Waals surface area contributed by atoms with Crippen molar-refractivity contribution in [3.63, 3.8) is 0 Å². The van der Waals surface area contributed by atoms with Gasteiger partial charge in [0.25, 0.3) is 0 Å². The lowest BCUT2D eigenvalue weighted by atomic mass is 9.94. The van der Waals surface area contributed by atoms with Crippen LogP contribution in [0.15, 0.2) is 42.6 Å². The lowest BCUT2D eigenvalue weighted by Gasteiger charge is -2.18. The van der Waals surface area contributed by atoms with E-state index < -0.39 is 0 Å². The van der Waals surface area contributed by atoms with Gasteiger partial charge < -0.3 is 10.6 Å². The summed E-state index contributed by atoms with van der Waals surface area (Å²) in [4.78, 5) is 16.7. The second kappa shape index (κ2) is 8.04. The monoisotopic (exact) mass is 343 g/mol. The predicted octanol–water partition coefficient (Wildman–Crippen LogP) is 1.52. The fourth-order valence-electron chi connectivity index (χ4n) is 2.93. The van der Waals surface area contributed by atoms with Gasteiger partial charge in [0.1, 0.15) is 11.6 Å². The number of nitrogens with one attached hydrogen (secondary N) is 4. The van der Waals surface area contributed by atoms with Crippen molar-refractivity contribution in [2.24, 2.45) is 5.92 Å². The lowest BCUT2D eigenvalue weighted by molar-refractivity contribution is -0.124. The number of halogens is 1. The summed E-state index contributed by atoms with van der Waals surface area (Å²) in [7, 11) is 0. The largest absolute Gasteiger partial charge is 0.368 e. The van der Waals surface area contributed by atoms with Crippen molar-refractivity contribution in [3.8, 4) is 0 Å². The quantitative estimate of drug-likeness (QED) is 0.598. The molecule has 1 aliphatic heterocycles. The number of rotatable bonds is 6. The van der Waals surface area contributed by atoms with E-state index in [1.54, 1.807) is 12.3 Å². The summed E-state index contributed by atoms with van der Waals surface area (Å²) in [6.07, 6.45) is 1.73. The molecule has 132 valence electrons. The molecule has 0 spiro atoms. The highest BCUT2D eigenvalue weighted by Gasteiger charge is 2.33. The van der Waals surface area contributed by atoms with Crippen LogP contribution in [0, 0.1) is 18.7 Å². The van der Waals surface area contributed by atoms with Crippen LogP contribution in [0.4, 0.5) is 10.2 Å². The van der Waals surface area contributed by atoms with E-state index in [1.807, 2.05) is 25.1 Å². The third-order valence-electron chi connectivity index (χ3n) is 4.25. The smallest absolute Gasteiger partial charge is 0.226 e.